The Balaban J connectivity index is 1.57. The summed E-state index contributed by atoms with van der Waals surface area (Å²) in [4.78, 5) is 27.8. The minimum absolute atomic E-state index is 0.0234. The van der Waals surface area contributed by atoms with Gasteiger partial charge in [-0.2, -0.15) is 0 Å². The Hall–Kier alpha value is -4.20. The summed E-state index contributed by atoms with van der Waals surface area (Å²) in [6, 6.07) is 15.7. The van der Waals surface area contributed by atoms with Crippen LogP contribution in [0, 0.1) is 0 Å². The summed E-state index contributed by atoms with van der Waals surface area (Å²) in [7, 11) is 1.52. The monoisotopic (exact) mass is 418 g/mol. The zero-order valence-corrected chi connectivity index (χ0v) is 16.6. The average molecular weight is 418 g/mol. The lowest BCUT2D eigenvalue weighted by Gasteiger charge is -2.14. The molecule has 3 aromatic rings. The van der Waals surface area contributed by atoms with Crippen molar-refractivity contribution in [3.63, 3.8) is 0 Å². The Morgan fingerprint density at radius 3 is 2.65 bits per heavy atom. The van der Waals surface area contributed by atoms with E-state index in [9.17, 15) is 9.59 Å². The van der Waals surface area contributed by atoms with Crippen LogP contribution in [0.15, 0.2) is 71.0 Å². The van der Waals surface area contributed by atoms with Crippen LogP contribution in [0.3, 0.4) is 0 Å². The van der Waals surface area contributed by atoms with Gasteiger partial charge in [0.05, 0.1) is 25.5 Å². The molecule has 0 aliphatic carbocycles. The number of methoxy groups -OCH3 is 1. The van der Waals surface area contributed by atoms with Crippen molar-refractivity contribution in [1.29, 1.82) is 0 Å². The number of amides is 2. The standard InChI is InChI=1S/C23H18N2O6/c1-28-17-7-3-2-6-16(17)20-21(24-14-8-9-18-19(11-14)31-13-30-18)23(27)25(22(20)26)12-15-5-4-10-29-15/h2-11,24H,12-13H2,1H3. The van der Waals surface area contributed by atoms with Crippen LogP contribution < -0.4 is 19.5 Å². The van der Waals surface area contributed by atoms with E-state index in [0.29, 0.717) is 34.3 Å². The van der Waals surface area contributed by atoms with Crippen LogP contribution in [-0.4, -0.2) is 30.6 Å². The second kappa shape index (κ2) is 7.56. The first-order chi connectivity index (χ1) is 15.2. The topological polar surface area (TPSA) is 90.2 Å². The van der Waals surface area contributed by atoms with Gasteiger partial charge in [-0.3, -0.25) is 14.5 Å². The SMILES string of the molecule is COc1ccccc1C1=C(Nc2ccc3c(c2)OCO3)C(=O)N(Cc2ccco2)C1=O. The number of nitrogens with one attached hydrogen (secondary N) is 1. The predicted molar refractivity (Wildman–Crippen MR) is 110 cm³/mol. The van der Waals surface area contributed by atoms with Gasteiger partial charge >= 0.3 is 0 Å². The number of nitrogens with zero attached hydrogens (tertiary/aromatic N) is 1. The molecule has 0 bridgehead atoms. The summed E-state index contributed by atoms with van der Waals surface area (Å²) in [6.45, 7) is 0.165. The molecule has 1 N–H and O–H groups in total. The molecule has 3 heterocycles. The molecule has 1 aromatic heterocycles. The molecule has 2 aromatic carbocycles. The van der Waals surface area contributed by atoms with Crippen molar-refractivity contribution in [2.45, 2.75) is 6.54 Å². The maximum absolute atomic E-state index is 13.4. The number of furan rings is 1. The molecule has 156 valence electrons. The van der Waals surface area contributed by atoms with E-state index in [1.807, 2.05) is 0 Å². The third-order valence-corrected chi connectivity index (χ3v) is 5.08. The fourth-order valence-corrected chi connectivity index (χ4v) is 3.61. The van der Waals surface area contributed by atoms with Gasteiger partial charge < -0.3 is 23.9 Å². The van der Waals surface area contributed by atoms with Crippen LogP contribution in [-0.2, 0) is 16.1 Å². The molecule has 5 rings (SSSR count). The van der Waals surface area contributed by atoms with Crippen molar-refractivity contribution in [3.05, 3.63) is 77.9 Å². The minimum Gasteiger partial charge on any atom is -0.496 e. The first-order valence-corrected chi connectivity index (χ1v) is 9.58. The number of hydrogen-bond donors (Lipinski definition) is 1. The molecule has 8 nitrogen and oxygen atoms in total. The van der Waals surface area contributed by atoms with Crippen LogP contribution >= 0.6 is 0 Å². The number of anilines is 1. The molecule has 0 saturated carbocycles. The number of ether oxygens (including phenoxy) is 3. The number of fused-ring (bicyclic) bond motifs is 1. The molecular formula is C23H18N2O6. The van der Waals surface area contributed by atoms with Gasteiger partial charge in [0.15, 0.2) is 11.5 Å². The summed E-state index contributed by atoms with van der Waals surface area (Å²) in [5.74, 6) is 1.29. The number of carbonyl (C=O) groups excluding carboxylic acids is 2. The molecule has 0 radical (unpaired) electrons. The largest absolute Gasteiger partial charge is 0.496 e. The smallest absolute Gasteiger partial charge is 0.278 e. The lowest BCUT2D eigenvalue weighted by molar-refractivity contribution is -0.137. The molecule has 0 saturated heterocycles. The molecule has 2 amide bonds. The number of benzene rings is 2. The number of para-hydroxylation sites is 1. The van der Waals surface area contributed by atoms with Crippen LogP contribution in [0.25, 0.3) is 5.57 Å². The second-order valence-electron chi connectivity index (χ2n) is 6.92. The van der Waals surface area contributed by atoms with Gasteiger partial charge in [-0.15, -0.1) is 0 Å². The Labute approximate surface area is 177 Å². The van der Waals surface area contributed by atoms with E-state index >= 15 is 0 Å². The maximum Gasteiger partial charge on any atom is 0.278 e. The lowest BCUT2D eigenvalue weighted by atomic mass is 10.0. The van der Waals surface area contributed by atoms with E-state index in [-0.39, 0.29) is 24.6 Å². The third kappa shape index (κ3) is 3.28. The number of imide groups is 1. The van der Waals surface area contributed by atoms with Gasteiger partial charge in [-0.1, -0.05) is 18.2 Å². The first kappa shape index (κ1) is 18.8. The van der Waals surface area contributed by atoms with Gasteiger partial charge in [0, 0.05) is 17.3 Å². The second-order valence-corrected chi connectivity index (χ2v) is 6.92. The molecule has 31 heavy (non-hydrogen) atoms. The molecule has 0 unspecified atom stereocenters. The van der Waals surface area contributed by atoms with Crippen LogP contribution in [0.2, 0.25) is 0 Å². The summed E-state index contributed by atoms with van der Waals surface area (Å²) < 4.78 is 21.5. The van der Waals surface area contributed by atoms with E-state index in [0.717, 1.165) is 4.90 Å². The normalized spacial score (nSPS) is 15.1. The van der Waals surface area contributed by atoms with Gasteiger partial charge in [0.2, 0.25) is 6.79 Å². The summed E-state index contributed by atoms with van der Waals surface area (Å²) in [5, 5.41) is 3.11. The van der Waals surface area contributed by atoms with E-state index in [1.165, 1.54) is 13.4 Å². The zero-order chi connectivity index (χ0) is 21.4. The molecule has 2 aliphatic heterocycles. The van der Waals surface area contributed by atoms with E-state index in [2.05, 4.69) is 5.32 Å². The highest BCUT2D eigenvalue weighted by atomic mass is 16.7. The predicted octanol–water partition coefficient (Wildman–Crippen LogP) is 3.41. The molecule has 0 fully saturated rings. The minimum atomic E-state index is -0.458. The Kier molecular flexibility index (Phi) is 4.59. The lowest BCUT2D eigenvalue weighted by Crippen LogP contribution is -2.31. The van der Waals surface area contributed by atoms with Crippen molar-refractivity contribution in [1.82, 2.24) is 4.90 Å². The Morgan fingerprint density at radius 1 is 1.00 bits per heavy atom. The summed E-state index contributed by atoms with van der Waals surface area (Å²) >= 11 is 0. The summed E-state index contributed by atoms with van der Waals surface area (Å²) in [5.41, 5.74) is 1.49. The Bertz CT molecular complexity index is 1200. The fraction of sp³-hybridized carbons (Fsp3) is 0.130. The van der Waals surface area contributed by atoms with Crippen molar-refractivity contribution in [2.24, 2.45) is 0 Å². The van der Waals surface area contributed by atoms with E-state index in [1.54, 1.807) is 54.6 Å². The van der Waals surface area contributed by atoms with Crippen molar-refractivity contribution in [3.8, 4) is 17.2 Å². The number of hydrogen-bond acceptors (Lipinski definition) is 7. The van der Waals surface area contributed by atoms with Crippen LogP contribution in [0.1, 0.15) is 11.3 Å². The zero-order valence-electron chi connectivity index (χ0n) is 16.6. The maximum atomic E-state index is 13.4. The highest BCUT2D eigenvalue weighted by Crippen LogP contribution is 2.38. The van der Waals surface area contributed by atoms with Gasteiger partial charge in [0.25, 0.3) is 11.8 Å². The average Bonchev–Trinajstić information content (AvgIpc) is 3.52. The van der Waals surface area contributed by atoms with Crippen molar-refractivity contribution < 1.29 is 28.2 Å². The van der Waals surface area contributed by atoms with E-state index < -0.39 is 11.8 Å². The quantitative estimate of drug-likeness (QED) is 0.614. The highest BCUT2D eigenvalue weighted by Gasteiger charge is 2.40. The third-order valence-electron chi connectivity index (χ3n) is 5.08. The van der Waals surface area contributed by atoms with Crippen molar-refractivity contribution in [2.75, 3.05) is 19.2 Å². The van der Waals surface area contributed by atoms with Crippen molar-refractivity contribution >= 4 is 23.1 Å². The summed E-state index contributed by atoms with van der Waals surface area (Å²) in [6.07, 6.45) is 1.50. The van der Waals surface area contributed by atoms with Gasteiger partial charge in [0.1, 0.15) is 17.2 Å². The number of carbonyl (C=O) groups is 2. The van der Waals surface area contributed by atoms with E-state index in [4.69, 9.17) is 18.6 Å². The van der Waals surface area contributed by atoms with Gasteiger partial charge in [-0.25, -0.2) is 0 Å². The fourth-order valence-electron chi connectivity index (χ4n) is 3.61. The van der Waals surface area contributed by atoms with Crippen LogP contribution in [0.4, 0.5) is 5.69 Å². The molecule has 2 aliphatic rings. The van der Waals surface area contributed by atoms with Crippen LogP contribution in [0.5, 0.6) is 17.2 Å². The molecule has 8 heteroatoms. The number of rotatable bonds is 6. The van der Waals surface area contributed by atoms with Gasteiger partial charge in [-0.05, 0) is 30.3 Å². The first-order valence-electron chi connectivity index (χ1n) is 9.58. The molecule has 0 atom stereocenters. The molecular weight excluding hydrogens is 400 g/mol. The molecule has 0 spiro atoms. The Morgan fingerprint density at radius 2 is 1.84 bits per heavy atom. The highest BCUT2D eigenvalue weighted by molar-refractivity contribution is 6.36.